The molecule has 0 bridgehead atoms. The van der Waals surface area contributed by atoms with Crippen LogP contribution in [0.5, 0.6) is 0 Å². The molecule has 4 nitrogen and oxygen atoms in total. The number of halogens is 6. The number of hydrogen-bond acceptors (Lipinski definition) is 3. The number of nitrogens with zero attached hydrogens (tertiary/aromatic N) is 1. The van der Waals surface area contributed by atoms with E-state index in [0.29, 0.717) is 10.6 Å². The number of aromatic nitrogens is 1. The van der Waals surface area contributed by atoms with Crippen LogP contribution in [-0.2, 0) is 6.42 Å². The van der Waals surface area contributed by atoms with Gasteiger partial charge in [-0.2, -0.15) is 0 Å². The maximum atomic E-state index is 13.9. The molecule has 180 valence electrons. The van der Waals surface area contributed by atoms with Crippen LogP contribution in [0.25, 0.3) is 5.69 Å². The van der Waals surface area contributed by atoms with E-state index in [1.807, 2.05) is 0 Å². The molecule has 0 fully saturated rings. The van der Waals surface area contributed by atoms with Crippen LogP contribution in [0.4, 0.5) is 32.0 Å². The quantitative estimate of drug-likeness (QED) is 0.238. The van der Waals surface area contributed by atoms with E-state index in [-0.39, 0.29) is 11.1 Å². The van der Waals surface area contributed by atoms with Gasteiger partial charge in [0, 0.05) is 30.3 Å². The number of anilines is 1. The summed E-state index contributed by atoms with van der Waals surface area (Å²) in [6.45, 7) is 0. The van der Waals surface area contributed by atoms with Gasteiger partial charge in [0.15, 0.2) is 5.78 Å². The minimum absolute atomic E-state index is 0.0359. The molecule has 4 rings (SSSR count). The molecule has 0 atom stereocenters. The number of para-hydroxylation sites is 2. The van der Waals surface area contributed by atoms with Gasteiger partial charge in [-0.15, -0.1) is 0 Å². The molecule has 1 heterocycles. The lowest BCUT2D eigenvalue weighted by molar-refractivity contribution is 0.0991. The van der Waals surface area contributed by atoms with E-state index in [2.05, 4.69) is 0 Å². The molecule has 1 aromatic heterocycles. The minimum atomic E-state index is -0.971. The zero-order valence-electron chi connectivity index (χ0n) is 17.7. The third kappa shape index (κ3) is 5.97. The largest absolute Gasteiger partial charge is 0.394 e. The summed E-state index contributed by atoms with van der Waals surface area (Å²) >= 11 is 0. The van der Waals surface area contributed by atoms with Crippen molar-refractivity contribution in [3.05, 3.63) is 129 Å². The van der Waals surface area contributed by atoms with Crippen LogP contribution in [0.1, 0.15) is 15.9 Å². The highest BCUT2D eigenvalue weighted by molar-refractivity contribution is 5.97. The highest BCUT2D eigenvalue weighted by Crippen LogP contribution is 2.18. The number of rotatable bonds is 4. The lowest BCUT2D eigenvalue weighted by atomic mass is 10.0. The lowest BCUT2D eigenvalue weighted by Gasteiger charge is -2.10. The fourth-order valence-electron chi connectivity index (χ4n) is 3.00. The van der Waals surface area contributed by atoms with Crippen molar-refractivity contribution in [3.63, 3.8) is 0 Å². The monoisotopic (exact) mass is 490 g/mol. The second-order valence-electron chi connectivity index (χ2n) is 7.17. The van der Waals surface area contributed by atoms with Gasteiger partial charge in [-0.05, 0) is 42.0 Å². The Bertz CT molecular complexity index is 1410. The van der Waals surface area contributed by atoms with Crippen molar-refractivity contribution < 1.29 is 31.1 Å². The van der Waals surface area contributed by atoms with Gasteiger partial charge in [0.2, 0.25) is 0 Å². The Morgan fingerprint density at radius 1 is 0.743 bits per heavy atom. The molecular formula is C25H16F6N2O2. The summed E-state index contributed by atoms with van der Waals surface area (Å²) in [5.41, 5.74) is 3.08. The molecular weight excluding hydrogens is 474 g/mol. The number of carbonyl (C=O) groups excluding carboxylic acids is 1. The average Bonchev–Trinajstić information content (AvgIpc) is 2.80. The zero-order valence-corrected chi connectivity index (χ0v) is 17.7. The molecule has 10 heteroatoms. The standard InChI is InChI=1S/C19H11F4NO2.C6H5F2N/c20-13-6-4-11(16(23)9-13)8-17(25)12-5-7-18(26)24(10-12)19-14(21)2-1-3-15(19)22;7-4-2-1-3-5(8)6(4)9/h1-7,9-10H,8H2;1-3H,9H2. The van der Waals surface area contributed by atoms with E-state index >= 15 is 0 Å². The van der Waals surface area contributed by atoms with Crippen LogP contribution in [-0.4, -0.2) is 10.4 Å². The Labute approximate surface area is 194 Å². The number of Topliss-reactive ketones (excluding diaryl/α,β-unsaturated/α-hetero) is 1. The predicted molar refractivity (Wildman–Crippen MR) is 117 cm³/mol. The van der Waals surface area contributed by atoms with Gasteiger partial charge in [0.25, 0.3) is 5.56 Å². The van der Waals surface area contributed by atoms with Gasteiger partial charge in [-0.1, -0.05) is 18.2 Å². The van der Waals surface area contributed by atoms with Crippen LogP contribution >= 0.6 is 0 Å². The third-order valence-corrected chi connectivity index (χ3v) is 4.78. The first-order valence-corrected chi connectivity index (χ1v) is 9.92. The molecule has 0 spiro atoms. The van der Waals surface area contributed by atoms with E-state index in [9.17, 15) is 35.9 Å². The summed E-state index contributed by atoms with van der Waals surface area (Å²) < 4.78 is 79.6. The van der Waals surface area contributed by atoms with Gasteiger partial charge in [0.1, 0.15) is 46.3 Å². The van der Waals surface area contributed by atoms with E-state index < -0.39 is 64.0 Å². The van der Waals surface area contributed by atoms with Crippen LogP contribution in [0.3, 0.4) is 0 Å². The normalized spacial score (nSPS) is 10.5. The van der Waals surface area contributed by atoms with Crippen molar-refractivity contribution in [2.75, 3.05) is 5.73 Å². The first-order valence-electron chi connectivity index (χ1n) is 9.92. The lowest BCUT2D eigenvalue weighted by Crippen LogP contribution is -2.21. The predicted octanol–water partition coefficient (Wildman–Crippen LogP) is 5.37. The molecule has 0 saturated carbocycles. The second kappa shape index (κ2) is 10.7. The van der Waals surface area contributed by atoms with Crippen LogP contribution < -0.4 is 11.3 Å². The molecule has 3 aromatic carbocycles. The summed E-state index contributed by atoms with van der Waals surface area (Å²) in [5, 5.41) is 0. The molecule has 0 radical (unpaired) electrons. The summed E-state index contributed by atoms with van der Waals surface area (Å²) in [6, 6.07) is 11.6. The number of benzene rings is 3. The second-order valence-corrected chi connectivity index (χ2v) is 7.17. The number of hydrogen-bond donors (Lipinski definition) is 1. The summed E-state index contributed by atoms with van der Waals surface area (Å²) in [5.74, 6) is -5.62. The van der Waals surface area contributed by atoms with E-state index in [4.69, 9.17) is 5.73 Å². The van der Waals surface area contributed by atoms with E-state index in [1.165, 1.54) is 12.1 Å². The fourth-order valence-corrected chi connectivity index (χ4v) is 3.00. The Morgan fingerprint density at radius 3 is 1.86 bits per heavy atom. The molecule has 2 N–H and O–H groups in total. The zero-order chi connectivity index (χ0) is 25.7. The Kier molecular flexibility index (Phi) is 7.75. The van der Waals surface area contributed by atoms with Crippen LogP contribution in [0, 0.1) is 34.9 Å². The van der Waals surface area contributed by atoms with Crippen molar-refractivity contribution in [2.24, 2.45) is 0 Å². The molecule has 35 heavy (non-hydrogen) atoms. The molecule has 4 aromatic rings. The smallest absolute Gasteiger partial charge is 0.255 e. The van der Waals surface area contributed by atoms with E-state index in [0.717, 1.165) is 54.7 Å². The fraction of sp³-hybridized carbons (Fsp3) is 0.0400. The molecule has 0 aliphatic carbocycles. The van der Waals surface area contributed by atoms with Crippen molar-refractivity contribution in [3.8, 4) is 5.69 Å². The van der Waals surface area contributed by atoms with Gasteiger partial charge < -0.3 is 5.73 Å². The molecule has 0 aliphatic heterocycles. The minimum Gasteiger partial charge on any atom is -0.394 e. The first-order chi connectivity index (χ1) is 16.6. The third-order valence-electron chi connectivity index (χ3n) is 4.78. The topological polar surface area (TPSA) is 65.1 Å². The van der Waals surface area contributed by atoms with Crippen LogP contribution in [0.2, 0.25) is 0 Å². The van der Waals surface area contributed by atoms with Gasteiger partial charge in [-0.25, -0.2) is 26.3 Å². The first kappa shape index (κ1) is 25.3. The van der Waals surface area contributed by atoms with E-state index in [1.54, 1.807) is 0 Å². The molecule has 0 unspecified atom stereocenters. The number of pyridine rings is 1. The SMILES string of the molecule is Nc1c(F)cccc1F.O=C(Cc1ccc(F)cc1F)c1ccc(=O)n(-c2c(F)cccc2F)c1. The van der Waals surface area contributed by atoms with Crippen molar-refractivity contribution in [1.82, 2.24) is 4.57 Å². The maximum Gasteiger partial charge on any atom is 0.255 e. The molecule has 0 aliphatic rings. The Balaban J connectivity index is 0.000000320. The van der Waals surface area contributed by atoms with Gasteiger partial charge in [-0.3, -0.25) is 14.2 Å². The summed E-state index contributed by atoms with van der Waals surface area (Å²) in [7, 11) is 0. The van der Waals surface area contributed by atoms with Gasteiger partial charge in [0.05, 0.1) is 0 Å². The number of ketones is 1. The number of nitrogen functional groups attached to an aromatic ring is 1. The highest BCUT2D eigenvalue weighted by Gasteiger charge is 2.16. The summed E-state index contributed by atoms with van der Waals surface area (Å²) in [6.07, 6.45) is 0.595. The summed E-state index contributed by atoms with van der Waals surface area (Å²) in [4.78, 5) is 24.3. The number of nitrogens with two attached hydrogens (primary N) is 1. The highest BCUT2D eigenvalue weighted by atomic mass is 19.2. The van der Waals surface area contributed by atoms with Crippen molar-refractivity contribution in [1.29, 1.82) is 0 Å². The average molecular weight is 490 g/mol. The Hall–Kier alpha value is -4.34. The molecule has 0 saturated heterocycles. The Morgan fingerprint density at radius 2 is 1.31 bits per heavy atom. The van der Waals surface area contributed by atoms with Crippen molar-refractivity contribution >= 4 is 11.5 Å². The molecule has 0 amide bonds. The maximum absolute atomic E-state index is 13.9. The number of carbonyl (C=O) groups is 1. The van der Waals surface area contributed by atoms with Crippen molar-refractivity contribution in [2.45, 2.75) is 6.42 Å². The van der Waals surface area contributed by atoms with Crippen LogP contribution in [0.15, 0.2) is 77.7 Å². The van der Waals surface area contributed by atoms with Gasteiger partial charge >= 0.3 is 0 Å².